The fourth-order valence-electron chi connectivity index (χ4n) is 3.66. The second-order valence-corrected chi connectivity index (χ2v) is 7.24. The molecule has 4 rings (SSSR count). The van der Waals surface area contributed by atoms with Gasteiger partial charge in [-0.15, -0.1) is 0 Å². The Morgan fingerprint density at radius 2 is 1.90 bits per heavy atom. The molecular weight excluding hydrogens is 364 g/mol. The fourth-order valence-corrected chi connectivity index (χ4v) is 3.66. The summed E-state index contributed by atoms with van der Waals surface area (Å²) >= 11 is 0. The lowest BCUT2D eigenvalue weighted by Gasteiger charge is -2.35. The molecule has 6 nitrogen and oxygen atoms in total. The van der Waals surface area contributed by atoms with Crippen molar-refractivity contribution in [3.63, 3.8) is 0 Å². The van der Waals surface area contributed by atoms with Crippen molar-refractivity contribution in [2.24, 2.45) is 0 Å². The molecule has 1 fully saturated rings. The molecule has 29 heavy (non-hydrogen) atoms. The molecule has 1 N–H and O–H groups in total. The molecular formula is C23H26N4O2. The van der Waals surface area contributed by atoms with Gasteiger partial charge >= 0.3 is 0 Å². The summed E-state index contributed by atoms with van der Waals surface area (Å²) < 4.78 is 7.28. The number of nitrogens with zero attached hydrogens (tertiary/aromatic N) is 3. The Morgan fingerprint density at radius 1 is 1.10 bits per heavy atom. The number of morpholine rings is 1. The lowest BCUT2D eigenvalue weighted by atomic mass is 10.0. The van der Waals surface area contributed by atoms with Crippen LogP contribution in [0, 0.1) is 6.92 Å². The number of ether oxygens (including phenoxy) is 1. The lowest BCUT2D eigenvalue weighted by molar-refractivity contribution is 0.0162. The second-order valence-electron chi connectivity index (χ2n) is 7.24. The van der Waals surface area contributed by atoms with Crippen LogP contribution in [0.3, 0.4) is 0 Å². The minimum Gasteiger partial charge on any atom is -0.379 e. The smallest absolute Gasteiger partial charge is 0.251 e. The van der Waals surface area contributed by atoms with Crippen molar-refractivity contribution in [1.82, 2.24) is 20.0 Å². The number of amides is 1. The van der Waals surface area contributed by atoms with Gasteiger partial charge < -0.3 is 10.1 Å². The molecule has 3 aromatic rings. The lowest BCUT2D eigenvalue weighted by Crippen LogP contribution is -2.43. The van der Waals surface area contributed by atoms with Crippen molar-refractivity contribution < 1.29 is 9.53 Å². The van der Waals surface area contributed by atoms with Crippen molar-refractivity contribution >= 4 is 5.91 Å². The largest absolute Gasteiger partial charge is 0.379 e. The Bertz CT molecular complexity index is 948. The third kappa shape index (κ3) is 4.72. The van der Waals surface area contributed by atoms with Gasteiger partial charge in [0, 0.05) is 31.4 Å². The van der Waals surface area contributed by atoms with E-state index in [1.54, 1.807) is 4.68 Å². The maximum Gasteiger partial charge on any atom is 0.251 e. The van der Waals surface area contributed by atoms with Gasteiger partial charge in [0.25, 0.3) is 5.91 Å². The number of aromatic nitrogens is 2. The Morgan fingerprint density at radius 3 is 2.62 bits per heavy atom. The van der Waals surface area contributed by atoms with Crippen LogP contribution in [0.1, 0.15) is 27.7 Å². The molecule has 1 aromatic heterocycles. The van der Waals surface area contributed by atoms with E-state index in [0.717, 1.165) is 37.7 Å². The Labute approximate surface area is 171 Å². The highest BCUT2D eigenvalue weighted by Crippen LogP contribution is 2.21. The summed E-state index contributed by atoms with van der Waals surface area (Å²) in [6, 6.07) is 19.9. The first kappa shape index (κ1) is 19.4. The number of carbonyl (C=O) groups excluding carboxylic acids is 1. The number of nitrogens with one attached hydrogen (secondary N) is 1. The summed E-state index contributed by atoms with van der Waals surface area (Å²) in [5.41, 5.74) is 3.65. The molecule has 1 aliphatic rings. The molecule has 0 radical (unpaired) electrons. The number of benzene rings is 2. The predicted molar refractivity (Wildman–Crippen MR) is 112 cm³/mol. The van der Waals surface area contributed by atoms with Crippen molar-refractivity contribution in [2.45, 2.75) is 13.0 Å². The summed E-state index contributed by atoms with van der Waals surface area (Å²) in [6.45, 7) is 5.68. The van der Waals surface area contributed by atoms with Gasteiger partial charge in [0.05, 0.1) is 30.6 Å². The Balaban J connectivity index is 1.48. The molecule has 2 heterocycles. The first-order valence-corrected chi connectivity index (χ1v) is 9.98. The van der Waals surface area contributed by atoms with E-state index in [2.05, 4.69) is 27.4 Å². The second kappa shape index (κ2) is 9.03. The number of rotatable bonds is 6. The molecule has 0 saturated carbocycles. The highest BCUT2D eigenvalue weighted by molar-refractivity contribution is 5.94. The van der Waals surface area contributed by atoms with E-state index in [-0.39, 0.29) is 11.9 Å². The highest BCUT2D eigenvalue weighted by Gasteiger charge is 2.23. The number of hydrogen-bond donors (Lipinski definition) is 1. The summed E-state index contributed by atoms with van der Waals surface area (Å²) in [5, 5.41) is 7.55. The molecule has 0 bridgehead atoms. The van der Waals surface area contributed by atoms with E-state index in [4.69, 9.17) is 4.74 Å². The van der Waals surface area contributed by atoms with Crippen molar-refractivity contribution in [3.05, 3.63) is 83.7 Å². The topological polar surface area (TPSA) is 59.4 Å². The van der Waals surface area contributed by atoms with E-state index in [0.29, 0.717) is 12.1 Å². The first-order valence-electron chi connectivity index (χ1n) is 9.98. The SMILES string of the molecule is Cc1ccn(-c2cccc(C(=O)NC[C@H](c3ccccc3)N3CCOCC3)c2)n1. The van der Waals surface area contributed by atoms with E-state index >= 15 is 0 Å². The molecule has 150 valence electrons. The van der Waals surface area contributed by atoms with Gasteiger partial charge in [-0.2, -0.15) is 5.10 Å². The van der Waals surface area contributed by atoms with E-state index < -0.39 is 0 Å². The minimum absolute atomic E-state index is 0.0788. The summed E-state index contributed by atoms with van der Waals surface area (Å²) in [7, 11) is 0. The van der Waals surface area contributed by atoms with Crippen molar-refractivity contribution in [2.75, 3.05) is 32.8 Å². The molecule has 0 spiro atoms. The molecule has 1 atom stereocenters. The third-order valence-electron chi connectivity index (χ3n) is 5.22. The van der Waals surface area contributed by atoms with Crippen LogP contribution >= 0.6 is 0 Å². The van der Waals surface area contributed by atoms with Gasteiger partial charge in [0.15, 0.2) is 0 Å². The van der Waals surface area contributed by atoms with Crippen LogP contribution in [0.5, 0.6) is 0 Å². The van der Waals surface area contributed by atoms with Crippen LogP contribution < -0.4 is 5.32 Å². The van der Waals surface area contributed by atoms with Crippen LogP contribution in [0.15, 0.2) is 66.9 Å². The van der Waals surface area contributed by atoms with Crippen LogP contribution in [-0.4, -0.2) is 53.4 Å². The summed E-state index contributed by atoms with van der Waals surface area (Å²) in [6.07, 6.45) is 1.90. The maximum absolute atomic E-state index is 12.9. The van der Waals surface area contributed by atoms with Gasteiger partial charge in [-0.05, 0) is 36.8 Å². The minimum atomic E-state index is -0.0788. The third-order valence-corrected chi connectivity index (χ3v) is 5.22. The van der Waals surface area contributed by atoms with Crippen LogP contribution in [0.2, 0.25) is 0 Å². The number of hydrogen-bond acceptors (Lipinski definition) is 4. The zero-order chi connectivity index (χ0) is 20.1. The average Bonchev–Trinajstić information content (AvgIpc) is 3.22. The van der Waals surface area contributed by atoms with Gasteiger partial charge in [-0.25, -0.2) is 4.68 Å². The molecule has 0 aliphatic carbocycles. The average molecular weight is 390 g/mol. The van der Waals surface area contributed by atoms with Gasteiger partial charge in [0.1, 0.15) is 0 Å². The van der Waals surface area contributed by atoms with Gasteiger partial charge in [0.2, 0.25) is 0 Å². The standard InChI is InChI=1S/C23H26N4O2/c1-18-10-11-27(25-18)21-9-5-8-20(16-21)23(28)24-17-22(19-6-3-2-4-7-19)26-12-14-29-15-13-26/h2-11,16,22H,12-15,17H2,1H3,(H,24,28)/t22-/m1/s1. The van der Waals surface area contributed by atoms with Crippen LogP contribution in [0.4, 0.5) is 0 Å². The quantitative estimate of drug-likeness (QED) is 0.703. The molecule has 0 unspecified atom stereocenters. The zero-order valence-corrected chi connectivity index (χ0v) is 16.6. The molecule has 2 aromatic carbocycles. The molecule has 1 aliphatic heterocycles. The van der Waals surface area contributed by atoms with Crippen molar-refractivity contribution in [3.8, 4) is 5.69 Å². The van der Waals surface area contributed by atoms with Crippen molar-refractivity contribution in [1.29, 1.82) is 0 Å². The maximum atomic E-state index is 12.9. The van der Waals surface area contributed by atoms with E-state index in [9.17, 15) is 4.79 Å². The monoisotopic (exact) mass is 390 g/mol. The van der Waals surface area contributed by atoms with Gasteiger partial charge in [-0.1, -0.05) is 36.4 Å². The molecule has 1 amide bonds. The summed E-state index contributed by atoms with van der Waals surface area (Å²) in [5.74, 6) is -0.0788. The first-order chi connectivity index (χ1) is 14.2. The Kier molecular flexibility index (Phi) is 6.03. The normalized spacial score (nSPS) is 15.8. The highest BCUT2D eigenvalue weighted by atomic mass is 16.5. The van der Waals surface area contributed by atoms with E-state index in [1.165, 1.54) is 5.56 Å². The van der Waals surface area contributed by atoms with Crippen LogP contribution in [-0.2, 0) is 4.74 Å². The molecule has 1 saturated heterocycles. The van der Waals surface area contributed by atoms with Crippen LogP contribution in [0.25, 0.3) is 5.69 Å². The number of carbonyl (C=O) groups is 1. The Hall–Kier alpha value is -2.96. The number of aryl methyl sites for hydroxylation is 1. The summed E-state index contributed by atoms with van der Waals surface area (Å²) in [4.78, 5) is 15.2. The van der Waals surface area contributed by atoms with E-state index in [1.807, 2.05) is 61.7 Å². The fraction of sp³-hybridized carbons (Fsp3) is 0.304. The zero-order valence-electron chi connectivity index (χ0n) is 16.6. The predicted octanol–water partition coefficient (Wildman–Crippen LogP) is 2.98. The molecule has 6 heteroatoms. The van der Waals surface area contributed by atoms with Gasteiger partial charge in [-0.3, -0.25) is 9.69 Å².